The van der Waals surface area contributed by atoms with Crippen LogP contribution < -0.4 is 24.4 Å². The van der Waals surface area contributed by atoms with E-state index in [9.17, 15) is 23.3 Å². The fourth-order valence-corrected chi connectivity index (χ4v) is 7.98. The standard InChI is InChI=1S/C40H42N6O7S2/c1-3-53-34-23-32(26-41-27-34)30-9-10-31(39(24-30)52-2)28-44-18-20-45(21-19-44)33-13-11-29(12-14-33)40(47)43-55(50,51)36-15-16-37(38(25-36)46(48)49)42-17-22-54-35-7-5-4-6-8-35/h4-16,23-27,42H,3,17-22,28H2,1-2H3,(H,43,47). The van der Waals surface area contributed by atoms with E-state index in [4.69, 9.17) is 9.47 Å². The highest BCUT2D eigenvalue weighted by molar-refractivity contribution is 7.99. The average Bonchev–Trinajstić information content (AvgIpc) is 3.20. The number of sulfonamides is 1. The number of hydrogen-bond acceptors (Lipinski definition) is 12. The maximum atomic E-state index is 13.1. The molecule has 4 aromatic carbocycles. The number of carbonyl (C=O) groups is 1. The van der Waals surface area contributed by atoms with Gasteiger partial charge in [-0.3, -0.25) is 24.8 Å². The van der Waals surface area contributed by atoms with Crippen LogP contribution in [0, 0.1) is 10.1 Å². The summed E-state index contributed by atoms with van der Waals surface area (Å²) in [5.74, 6) is 1.33. The smallest absolute Gasteiger partial charge is 0.293 e. The van der Waals surface area contributed by atoms with Gasteiger partial charge in [0, 0.05) is 84.6 Å². The van der Waals surface area contributed by atoms with E-state index in [1.165, 1.54) is 12.1 Å². The molecule has 13 nitrogen and oxygen atoms in total. The highest BCUT2D eigenvalue weighted by Crippen LogP contribution is 2.31. The van der Waals surface area contributed by atoms with Gasteiger partial charge in [-0.25, -0.2) is 13.1 Å². The Morgan fingerprint density at radius 3 is 2.40 bits per heavy atom. The molecule has 2 heterocycles. The summed E-state index contributed by atoms with van der Waals surface area (Å²) in [7, 11) is -2.73. The van der Waals surface area contributed by atoms with Gasteiger partial charge in [-0.15, -0.1) is 11.8 Å². The van der Waals surface area contributed by atoms with E-state index in [-0.39, 0.29) is 16.1 Å². The van der Waals surface area contributed by atoms with E-state index in [2.05, 4.69) is 37.0 Å². The number of nitro groups is 1. The molecule has 0 radical (unpaired) electrons. The van der Waals surface area contributed by atoms with Crippen LogP contribution in [-0.4, -0.2) is 81.3 Å². The van der Waals surface area contributed by atoms with Gasteiger partial charge in [0.25, 0.3) is 21.6 Å². The van der Waals surface area contributed by atoms with Crippen LogP contribution in [0.15, 0.2) is 119 Å². The van der Waals surface area contributed by atoms with Crippen molar-refractivity contribution in [2.75, 3.05) is 62.4 Å². The molecule has 1 aliphatic heterocycles. The Labute approximate surface area is 324 Å². The zero-order valence-electron chi connectivity index (χ0n) is 30.5. The maximum absolute atomic E-state index is 13.1. The van der Waals surface area contributed by atoms with Crippen LogP contribution in [0.3, 0.4) is 0 Å². The van der Waals surface area contributed by atoms with Crippen molar-refractivity contribution in [2.24, 2.45) is 0 Å². The van der Waals surface area contributed by atoms with Crippen molar-refractivity contribution in [2.45, 2.75) is 23.3 Å². The van der Waals surface area contributed by atoms with E-state index >= 15 is 0 Å². The lowest BCUT2D eigenvalue weighted by molar-refractivity contribution is -0.384. The van der Waals surface area contributed by atoms with Crippen molar-refractivity contribution >= 4 is 44.8 Å². The van der Waals surface area contributed by atoms with Gasteiger partial charge in [0.2, 0.25) is 0 Å². The number of rotatable bonds is 16. The topological polar surface area (TPSA) is 156 Å². The van der Waals surface area contributed by atoms with Gasteiger partial charge < -0.3 is 19.7 Å². The number of carbonyl (C=O) groups excluding carboxylic acids is 1. The lowest BCUT2D eigenvalue weighted by atomic mass is 10.0. The van der Waals surface area contributed by atoms with Crippen molar-refractivity contribution in [3.8, 4) is 22.6 Å². The second-order valence-corrected chi connectivity index (χ2v) is 15.5. The number of thioether (sulfide) groups is 1. The average molecular weight is 783 g/mol. The Hall–Kier alpha value is -5.64. The number of pyridine rings is 1. The highest BCUT2D eigenvalue weighted by Gasteiger charge is 2.25. The molecule has 1 aromatic heterocycles. The minimum Gasteiger partial charge on any atom is -0.496 e. The molecule has 15 heteroatoms. The third-order valence-electron chi connectivity index (χ3n) is 9.04. The molecule has 0 bridgehead atoms. The number of methoxy groups -OCH3 is 1. The number of piperazine rings is 1. The van der Waals surface area contributed by atoms with Crippen LogP contribution in [0.5, 0.6) is 11.5 Å². The molecule has 1 saturated heterocycles. The summed E-state index contributed by atoms with van der Waals surface area (Å²) in [5, 5.41) is 14.8. The van der Waals surface area contributed by atoms with E-state index in [1.54, 1.807) is 55.5 Å². The quantitative estimate of drug-likeness (QED) is 0.0473. The lowest BCUT2D eigenvalue weighted by Gasteiger charge is -2.36. The third-order valence-corrected chi connectivity index (χ3v) is 11.4. The molecular weight excluding hydrogens is 741 g/mol. The van der Waals surface area contributed by atoms with Crippen molar-refractivity contribution in [1.29, 1.82) is 0 Å². The van der Waals surface area contributed by atoms with Crippen LogP contribution in [0.4, 0.5) is 17.1 Å². The van der Waals surface area contributed by atoms with Crippen LogP contribution in [0.1, 0.15) is 22.8 Å². The summed E-state index contributed by atoms with van der Waals surface area (Å²) in [6.45, 7) is 6.77. The Kier molecular flexibility index (Phi) is 12.9. The molecule has 0 atom stereocenters. The summed E-state index contributed by atoms with van der Waals surface area (Å²) in [6.07, 6.45) is 3.50. The van der Waals surface area contributed by atoms with Crippen molar-refractivity contribution in [1.82, 2.24) is 14.6 Å². The van der Waals surface area contributed by atoms with Crippen LogP contribution >= 0.6 is 11.8 Å². The molecule has 55 heavy (non-hydrogen) atoms. The van der Waals surface area contributed by atoms with Gasteiger partial charge in [-0.05, 0) is 73.2 Å². The van der Waals surface area contributed by atoms with Crippen LogP contribution in [0.25, 0.3) is 11.1 Å². The van der Waals surface area contributed by atoms with E-state index in [1.807, 2.05) is 49.4 Å². The first-order chi connectivity index (χ1) is 26.6. The maximum Gasteiger partial charge on any atom is 0.293 e. The minimum absolute atomic E-state index is 0.144. The van der Waals surface area contributed by atoms with Gasteiger partial charge >= 0.3 is 0 Å². The van der Waals surface area contributed by atoms with E-state index in [0.717, 1.165) is 77.6 Å². The van der Waals surface area contributed by atoms with Crippen molar-refractivity contribution in [3.05, 3.63) is 131 Å². The molecule has 1 amide bonds. The first-order valence-corrected chi connectivity index (χ1v) is 20.2. The van der Waals surface area contributed by atoms with Gasteiger partial charge in [-0.2, -0.15) is 0 Å². The zero-order chi connectivity index (χ0) is 38.8. The Morgan fingerprint density at radius 2 is 1.69 bits per heavy atom. The molecule has 0 saturated carbocycles. The summed E-state index contributed by atoms with van der Waals surface area (Å²) in [5.41, 5.74) is 3.85. The second-order valence-electron chi connectivity index (χ2n) is 12.6. The molecule has 1 fully saturated rings. The predicted molar refractivity (Wildman–Crippen MR) is 215 cm³/mol. The lowest BCUT2D eigenvalue weighted by Crippen LogP contribution is -2.46. The number of aromatic nitrogens is 1. The normalized spacial score (nSPS) is 13.2. The minimum atomic E-state index is -4.40. The molecule has 0 aliphatic carbocycles. The molecule has 0 spiro atoms. The first-order valence-electron chi connectivity index (χ1n) is 17.7. The van der Waals surface area contributed by atoms with E-state index in [0.29, 0.717) is 18.9 Å². The molecule has 1 aliphatic rings. The van der Waals surface area contributed by atoms with Crippen LogP contribution in [-0.2, 0) is 16.6 Å². The van der Waals surface area contributed by atoms with Gasteiger partial charge in [0.15, 0.2) is 0 Å². The third kappa shape index (κ3) is 10.1. The van der Waals surface area contributed by atoms with E-state index < -0.39 is 26.5 Å². The molecule has 0 unspecified atom stereocenters. The predicted octanol–water partition coefficient (Wildman–Crippen LogP) is 6.71. The largest absolute Gasteiger partial charge is 0.496 e. The second kappa shape index (κ2) is 18.1. The molecule has 6 rings (SSSR count). The summed E-state index contributed by atoms with van der Waals surface area (Å²) in [6, 6.07) is 28.1. The summed E-state index contributed by atoms with van der Waals surface area (Å²) < 4.78 is 39.7. The molecular formula is C40H42N6O7S2. The van der Waals surface area contributed by atoms with Gasteiger partial charge in [-0.1, -0.05) is 30.3 Å². The number of anilines is 2. The van der Waals surface area contributed by atoms with Gasteiger partial charge in [0.1, 0.15) is 17.2 Å². The number of benzene rings is 4. The fourth-order valence-electron chi connectivity index (χ4n) is 6.20. The number of amides is 1. The Morgan fingerprint density at radius 1 is 0.927 bits per heavy atom. The molecule has 5 aromatic rings. The monoisotopic (exact) mass is 782 g/mol. The summed E-state index contributed by atoms with van der Waals surface area (Å²) in [4.78, 5) is 33.8. The SMILES string of the molecule is CCOc1cncc(-c2ccc(CN3CCN(c4ccc(C(=O)NS(=O)(=O)c5ccc(NCCSc6ccccc6)c([N+](=O)[O-])c5)cc4)CC3)c(OC)c2)c1. The zero-order valence-corrected chi connectivity index (χ0v) is 32.1. The highest BCUT2D eigenvalue weighted by atomic mass is 32.2. The number of ether oxygens (including phenoxy) is 2. The Balaban J connectivity index is 1.01. The summed E-state index contributed by atoms with van der Waals surface area (Å²) >= 11 is 1.59. The van der Waals surface area contributed by atoms with Crippen molar-refractivity contribution < 1.29 is 27.6 Å². The first kappa shape index (κ1) is 39.1. The number of nitro benzene ring substituents is 1. The Bertz CT molecular complexity index is 2220. The van der Waals surface area contributed by atoms with Crippen LogP contribution in [0.2, 0.25) is 0 Å². The molecule has 2 N–H and O–H groups in total. The number of nitrogens with one attached hydrogen (secondary N) is 2. The molecule has 286 valence electrons. The number of hydrogen-bond donors (Lipinski definition) is 2. The fraction of sp³-hybridized carbons (Fsp3) is 0.250. The van der Waals surface area contributed by atoms with Gasteiger partial charge in [0.05, 0.1) is 29.7 Å². The number of nitrogens with zero attached hydrogens (tertiary/aromatic N) is 4. The van der Waals surface area contributed by atoms with Crippen molar-refractivity contribution in [3.63, 3.8) is 0 Å².